The Morgan fingerprint density at radius 1 is 1.25 bits per heavy atom. The predicted octanol–water partition coefficient (Wildman–Crippen LogP) is 3.29. The first-order valence-corrected chi connectivity index (χ1v) is 7.24. The Kier molecular flexibility index (Phi) is 4.53. The molecule has 1 fully saturated rings. The molecule has 110 valence electrons. The highest BCUT2D eigenvalue weighted by Gasteiger charge is 2.25. The minimum absolute atomic E-state index is 0.350. The molecule has 4 heteroatoms. The second-order valence-electron chi connectivity index (χ2n) is 6.02. The minimum Gasteiger partial charge on any atom is -0.465 e. The first-order chi connectivity index (χ1) is 9.51. The van der Waals surface area contributed by atoms with Crippen molar-refractivity contribution in [3.63, 3.8) is 0 Å². The van der Waals surface area contributed by atoms with Gasteiger partial charge in [-0.3, -0.25) is 0 Å². The molecule has 0 radical (unpaired) electrons. The fraction of sp³-hybridized carbons (Fsp3) is 0.562. The van der Waals surface area contributed by atoms with E-state index in [2.05, 4.69) is 19.2 Å². The van der Waals surface area contributed by atoms with Crippen LogP contribution in [-0.2, 0) is 4.74 Å². The van der Waals surface area contributed by atoms with Gasteiger partial charge < -0.3 is 15.8 Å². The third-order valence-corrected chi connectivity index (χ3v) is 4.03. The van der Waals surface area contributed by atoms with Crippen molar-refractivity contribution in [1.82, 2.24) is 0 Å². The lowest BCUT2D eigenvalue weighted by Crippen LogP contribution is -2.31. The fourth-order valence-electron chi connectivity index (χ4n) is 3.28. The van der Waals surface area contributed by atoms with Crippen LogP contribution in [0.5, 0.6) is 0 Å². The summed E-state index contributed by atoms with van der Waals surface area (Å²) in [4.78, 5) is 11.8. The number of carbonyl (C=O) groups is 1. The van der Waals surface area contributed by atoms with Crippen LogP contribution in [0.2, 0.25) is 0 Å². The number of nitrogens with two attached hydrogens (primary N) is 1. The van der Waals surface area contributed by atoms with E-state index in [1.54, 1.807) is 12.1 Å². The summed E-state index contributed by atoms with van der Waals surface area (Å²) in [5, 5.41) is 3.47. The number of anilines is 2. The van der Waals surface area contributed by atoms with Crippen LogP contribution in [0, 0.1) is 11.8 Å². The number of rotatable bonds is 3. The summed E-state index contributed by atoms with van der Waals surface area (Å²) < 4.78 is 4.83. The highest BCUT2D eigenvalue weighted by molar-refractivity contribution is 5.98. The highest BCUT2D eigenvalue weighted by atomic mass is 16.5. The molecule has 20 heavy (non-hydrogen) atoms. The van der Waals surface area contributed by atoms with Crippen molar-refractivity contribution in [2.75, 3.05) is 18.2 Å². The smallest absolute Gasteiger partial charge is 0.340 e. The van der Waals surface area contributed by atoms with Crippen LogP contribution in [0.15, 0.2) is 18.2 Å². The van der Waals surface area contributed by atoms with Gasteiger partial charge in [-0.05, 0) is 43.2 Å². The number of esters is 1. The van der Waals surface area contributed by atoms with Gasteiger partial charge in [0.15, 0.2) is 0 Å². The molecule has 0 saturated heterocycles. The first-order valence-electron chi connectivity index (χ1n) is 7.24. The lowest BCUT2D eigenvalue weighted by atomic mass is 9.80. The molecule has 2 unspecified atom stereocenters. The maximum absolute atomic E-state index is 11.8. The molecule has 1 aliphatic rings. The SMILES string of the molecule is COC(=O)c1cccc(N)c1NC1CC(C)CC(C)C1. The topological polar surface area (TPSA) is 64.3 Å². The predicted molar refractivity (Wildman–Crippen MR) is 81.8 cm³/mol. The number of ether oxygens (including phenoxy) is 1. The molecular weight excluding hydrogens is 252 g/mol. The van der Waals surface area contributed by atoms with Crippen LogP contribution in [0.4, 0.5) is 11.4 Å². The van der Waals surface area contributed by atoms with Crippen LogP contribution in [-0.4, -0.2) is 19.1 Å². The Balaban J connectivity index is 2.22. The molecule has 0 aliphatic heterocycles. The molecule has 3 N–H and O–H groups in total. The van der Waals surface area contributed by atoms with Crippen molar-refractivity contribution in [2.24, 2.45) is 11.8 Å². The highest BCUT2D eigenvalue weighted by Crippen LogP contribution is 2.33. The van der Waals surface area contributed by atoms with Gasteiger partial charge in [0.1, 0.15) is 0 Å². The van der Waals surface area contributed by atoms with Crippen molar-refractivity contribution in [3.8, 4) is 0 Å². The average molecular weight is 276 g/mol. The van der Waals surface area contributed by atoms with Crippen molar-refractivity contribution in [3.05, 3.63) is 23.8 Å². The lowest BCUT2D eigenvalue weighted by molar-refractivity contribution is 0.0602. The van der Waals surface area contributed by atoms with E-state index in [-0.39, 0.29) is 5.97 Å². The van der Waals surface area contributed by atoms with Gasteiger partial charge in [-0.1, -0.05) is 19.9 Å². The van der Waals surface area contributed by atoms with Crippen LogP contribution in [0.1, 0.15) is 43.5 Å². The summed E-state index contributed by atoms with van der Waals surface area (Å²) in [5.74, 6) is 1.04. The van der Waals surface area contributed by atoms with Gasteiger partial charge in [-0.25, -0.2) is 4.79 Å². The molecule has 4 nitrogen and oxygen atoms in total. The van der Waals surface area contributed by atoms with Crippen LogP contribution in [0.3, 0.4) is 0 Å². The Labute approximate surface area is 120 Å². The number of hydrogen-bond acceptors (Lipinski definition) is 4. The third-order valence-electron chi connectivity index (χ3n) is 4.03. The molecule has 0 bridgehead atoms. The molecule has 0 spiro atoms. The minimum atomic E-state index is -0.350. The molecule has 1 saturated carbocycles. The van der Waals surface area contributed by atoms with Gasteiger partial charge >= 0.3 is 5.97 Å². The Bertz CT molecular complexity index is 477. The van der Waals surface area contributed by atoms with Gasteiger partial charge in [-0.15, -0.1) is 0 Å². The second-order valence-corrected chi connectivity index (χ2v) is 6.02. The number of hydrogen-bond donors (Lipinski definition) is 2. The number of benzene rings is 1. The molecule has 1 aromatic rings. The molecule has 2 rings (SSSR count). The number of methoxy groups -OCH3 is 1. The van der Waals surface area contributed by atoms with E-state index in [1.807, 2.05) is 6.07 Å². The van der Waals surface area contributed by atoms with Gasteiger partial charge in [0, 0.05) is 6.04 Å². The van der Waals surface area contributed by atoms with Gasteiger partial charge in [0.25, 0.3) is 0 Å². The van der Waals surface area contributed by atoms with Crippen molar-refractivity contribution >= 4 is 17.3 Å². The summed E-state index contributed by atoms with van der Waals surface area (Å²) in [6.07, 6.45) is 3.49. The van der Waals surface area contributed by atoms with Gasteiger partial charge in [-0.2, -0.15) is 0 Å². The van der Waals surface area contributed by atoms with Crippen molar-refractivity contribution in [2.45, 2.75) is 39.2 Å². The zero-order valence-electron chi connectivity index (χ0n) is 12.5. The van der Waals surface area contributed by atoms with E-state index in [1.165, 1.54) is 13.5 Å². The van der Waals surface area contributed by atoms with Crippen LogP contribution >= 0.6 is 0 Å². The number of nitrogen functional groups attached to an aromatic ring is 1. The molecule has 2 atom stereocenters. The normalized spacial score (nSPS) is 26.1. The van der Waals surface area contributed by atoms with E-state index in [0.29, 0.717) is 34.8 Å². The molecule has 0 aromatic heterocycles. The van der Waals surface area contributed by atoms with Crippen LogP contribution < -0.4 is 11.1 Å². The lowest BCUT2D eigenvalue weighted by Gasteiger charge is -2.33. The van der Waals surface area contributed by atoms with Gasteiger partial charge in [0.2, 0.25) is 0 Å². The Morgan fingerprint density at radius 2 is 1.90 bits per heavy atom. The standard InChI is InChI=1S/C16H24N2O2/c1-10-7-11(2)9-12(8-10)18-15-13(16(19)20-3)5-4-6-14(15)17/h4-6,10-12,18H,7-9,17H2,1-3H3. The van der Waals surface area contributed by atoms with E-state index < -0.39 is 0 Å². The van der Waals surface area contributed by atoms with Crippen molar-refractivity contribution in [1.29, 1.82) is 0 Å². The molecule has 0 heterocycles. The maximum Gasteiger partial charge on any atom is 0.340 e. The van der Waals surface area contributed by atoms with Crippen LogP contribution in [0.25, 0.3) is 0 Å². The van der Waals surface area contributed by atoms with E-state index in [4.69, 9.17) is 10.5 Å². The monoisotopic (exact) mass is 276 g/mol. The second kappa shape index (κ2) is 6.16. The zero-order chi connectivity index (χ0) is 14.7. The Hall–Kier alpha value is -1.71. The number of nitrogens with one attached hydrogen (secondary N) is 1. The summed E-state index contributed by atoms with van der Waals surface area (Å²) in [7, 11) is 1.39. The molecule has 0 amide bonds. The third kappa shape index (κ3) is 3.24. The quantitative estimate of drug-likeness (QED) is 0.657. The summed E-state index contributed by atoms with van der Waals surface area (Å²) in [6.45, 7) is 4.56. The number of para-hydroxylation sites is 1. The summed E-state index contributed by atoms with van der Waals surface area (Å²) >= 11 is 0. The van der Waals surface area contributed by atoms with Crippen molar-refractivity contribution < 1.29 is 9.53 Å². The maximum atomic E-state index is 11.8. The summed E-state index contributed by atoms with van der Waals surface area (Å²) in [5.41, 5.74) is 7.85. The average Bonchev–Trinajstić information content (AvgIpc) is 2.39. The fourth-order valence-corrected chi connectivity index (χ4v) is 3.28. The molecule has 1 aromatic carbocycles. The first kappa shape index (κ1) is 14.7. The zero-order valence-corrected chi connectivity index (χ0v) is 12.5. The van der Waals surface area contributed by atoms with E-state index in [9.17, 15) is 4.79 Å². The number of carbonyl (C=O) groups excluding carboxylic acids is 1. The van der Waals surface area contributed by atoms with E-state index >= 15 is 0 Å². The molecule has 1 aliphatic carbocycles. The molecular formula is C16H24N2O2. The van der Waals surface area contributed by atoms with E-state index in [0.717, 1.165) is 12.8 Å². The van der Waals surface area contributed by atoms with Gasteiger partial charge in [0.05, 0.1) is 24.0 Å². The largest absolute Gasteiger partial charge is 0.465 e. The summed E-state index contributed by atoms with van der Waals surface area (Å²) in [6, 6.07) is 5.70. The Morgan fingerprint density at radius 3 is 2.50 bits per heavy atom.